The lowest BCUT2D eigenvalue weighted by Gasteiger charge is -2.30. The number of unbranched alkanes of at least 4 members (excludes halogenated alkanes) is 7. The maximum absolute atomic E-state index is 12.6. The van der Waals surface area contributed by atoms with Gasteiger partial charge in [0.05, 0.1) is 7.11 Å². The summed E-state index contributed by atoms with van der Waals surface area (Å²) in [6.45, 7) is 7.92. The number of hydrogen-bond acceptors (Lipinski definition) is 8. The van der Waals surface area contributed by atoms with Gasteiger partial charge in [0, 0.05) is 32.1 Å². The van der Waals surface area contributed by atoms with Gasteiger partial charge in [0.2, 0.25) is 0 Å². The summed E-state index contributed by atoms with van der Waals surface area (Å²) in [5.41, 5.74) is 0. The van der Waals surface area contributed by atoms with E-state index in [1.54, 1.807) is 0 Å². The normalized spacial score (nSPS) is 13.3. The molecule has 0 spiro atoms. The molecule has 0 fully saturated rings. The van der Waals surface area contributed by atoms with E-state index < -0.39 is 18.3 Å². The second-order valence-corrected chi connectivity index (χ2v) is 10.4. The van der Waals surface area contributed by atoms with E-state index in [0.717, 1.165) is 57.8 Å². The van der Waals surface area contributed by atoms with Crippen LogP contribution < -0.4 is 0 Å². The summed E-state index contributed by atoms with van der Waals surface area (Å²) in [7, 11) is 1.40. The fraction of sp³-hybridized carbons (Fsp3) is 0.871. The molecule has 0 rings (SSSR count). The SMILES string of the molecule is CCCCCCC(CC(OC(=O)CCC)C(CCCCCCCC(=O)OC)OC(=O)CCC)OC(=O)CCC. The minimum atomic E-state index is -0.671. The van der Waals surface area contributed by atoms with Crippen molar-refractivity contribution in [3.63, 3.8) is 0 Å². The van der Waals surface area contributed by atoms with Crippen LogP contribution in [-0.4, -0.2) is 49.3 Å². The zero-order valence-corrected chi connectivity index (χ0v) is 25.4. The van der Waals surface area contributed by atoms with Gasteiger partial charge in [-0.3, -0.25) is 19.2 Å². The lowest BCUT2D eigenvalue weighted by molar-refractivity contribution is -0.173. The summed E-state index contributed by atoms with van der Waals surface area (Å²) in [5.74, 6) is -1.08. The Balaban J connectivity index is 5.51. The van der Waals surface area contributed by atoms with E-state index in [9.17, 15) is 19.2 Å². The van der Waals surface area contributed by atoms with Gasteiger partial charge in [0.1, 0.15) is 18.3 Å². The van der Waals surface area contributed by atoms with Gasteiger partial charge in [0.25, 0.3) is 0 Å². The molecule has 228 valence electrons. The molecule has 0 amide bonds. The van der Waals surface area contributed by atoms with E-state index in [1.165, 1.54) is 7.11 Å². The van der Waals surface area contributed by atoms with Crippen molar-refractivity contribution in [2.24, 2.45) is 0 Å². The van der Waals surface area contributed by atoms with Gasteiger partial charge in [-0.25, -0.2) is 0 Å². The monoisotopic (exact) mass is 556 g/mol. The number of carbonyl (C=O) groups is 4. The smallest absolute Gasteiger partial charge is 0.306 e. The third kappa shape index (κ3) is 20.4. The van der Waals surface area contributed by atoms with Crippen LogP contribution in [0.15, 0.2) is 0 Å². The highest BCUT2D eigenvalue weighted by Crippen LogP contribution is 2.24. The van der Waals surface area contributed by atoms with Crippen LogP contribution in [0.5, 0.6) is 0 Å². The molecule has 8 nitrogen and oxygen atoms in total. The molecule has 0 saturated heterocycles. The van der Waals surface area contributed by atoms with Crippen molar-refractivity contribution in [1.82, 2.24) is 0 Å². The van der Waals surface area contributed by atoms with Gasteiger partial charge in [-0.2, -0.15) is 0 Å². The number of ether oxygens (including phenoxy) is 4. The van der Waals surface area contributed by atoms with E-state index in [2.05, 4.69) is 11.7 Å². The van der Waals surface area contributed by atoms with Crippen LogP contribution in [0.4, 0.5) is 0 Å². The molecule has 3 atom stereocenters. The average Bonchev–Trinajstić information content (AvgIpc) is 2.89. The summed E-state index contributed by atoms with van der Waals surface area (Å²) in [6, 6.07) is 0. The first-order chi connectivity index (χ1) is 18.8. The topological polar surface area (TPSA) is 105 Å². The van der Waals surface area contributed by atoms with Crippen molar-refractivity contribution in [2.75, 3.05) is 7.11 Å². The van der Waals surface area contributed by atoms with Gasteiger partial charge in [-0.15, -0.1) is 0 Å². The number of methoxy groups -OCH3 is 1. The number of esters is 4. The molecule has 0 aromatic carbocycles. The van der Waals surface area contributed by atoms with E-state index in [-0.39, 0.29) is 30.3 Å². The molecule has 0 aliphatic carbocycles. The predicted molar refractivity (Wildman–Crippen MR) is 152 cm³/mol. The molecular weight excluding hydrogens is 500 g/mol. The summed E-state index contributed by atoms with van der Waals surface area (Å²) >= 11 is 0. The Morgan fingerprint density at radius 2 is 0.974 bits per heavy atom. The van der Waals surface area contributed by atoms with E-state index in [4.69, 9.17) is 14.2 Å². The van der Waals surface area contributed by atoms with Crippen LogP contribution in [0, 0.1) is 0 Å². The van der Waals surface area contributed by atoms with E-state index >= 15 is 0 Å². The van der Waals surface area contributed by atoms with Crippen LogP contribution in [-0.2, 0) is 38.1 Å². The van der Waals surface area contributed by atoms with Gasteiger partial charge in [-0.05, 0) is 51.4 Å². The number of rotatable bonds is 25. The zero-order chi connectivity index (χ0) is 29.3. The Labute approximate surface area is 237 Å². The zero-order valence-electron chi connectivity index (χ0n) is 25.4. The summed E-state index contributed by atoms with van der Waals surface area (Å²) in [4.78, 5) is 48.8. The van der Waals surface area contributed by atoms with Crippen molar-refractivity contribution < 1.29 is 38.1 Å². The van der Waals surface area contributed by atoms with Crippen LogP contribution in [0.2, 0.25) is 0 Å². The highest BCUT2D eigenvalue weighted by molar-refractivity contribution is 5.71. The maximum atomic E-state index is 12.6. The largest absolute Gasteiger partial charge is 0.469 e. The molecule has 0 aliphatic rings. The molecule has 0 radical (unpaired) electrons. The van der Waals surface area contributed by atoms with Crippen molar-refractivity contribution in [1.29, 1.82) is 0 Å². The van der Waals surface area contributed by atoms with Crippen molar-refractivity contribution in [3.05, 3.63) is 0 Å². The van der Waals surface area contributed by atoms with Crippen molar-refractivity contribution in [3.8, 4) is 0 Å². The summed E-state index contributed by atoms with van der Waals surface area (Å²) in [5, 5.41) is 0. The Kier molecular flexibility index (Phi) is 23.5. The van der Waals surface area contributed by atoms with Crippen LogP contribution in [0.3, 0.4) is 0 Å². The first-order valence-corrected chi connectivity index (χ1v) is 15.5. The van der Waals surface area contributed by atoms with Gasteiger partial charge < -0.3 is 18.9 Å². The average molecular weight is 557 g/mol. The third-order valence-corrected chi connectivity index (χ3v) is 6.61. The van der Waals surface area contributed by atoms with Gasteiger partial charge >= 0.3 is 23.9 Å². The minimum absolute atomic E-state index is 0.196. The molecule has 3 unspecified atom stereocenters. The fourth-order valence-electron chi connectivity index (χ4n) is 4.44. The Morgan fingerprint density at radius 3 is 1.54 bits per heavy atom. The highest BCUT2D eigenvalue weighted by Gasteiger charge is 2.32. The van der Waals surface area contributed by atoms with Gasteiger partial charge in [0.15, 0.2) is 0 Å². The molecule has 0 aliphatic heterocycles. The number of carbonyl (C=O) groups excluding carboxylic acids is 4. The lowest BCUT2D eigenvalue weighted by atomic mass is 9.97. The first kappa shape index (κ1) is 36.9. The molecule has 0 saturated carbocycles. The van der Waals surface area contributed by atoms with E-state index in [1.807, 2.05) is 20.8 Å². The summed E-state index contributed by atoms with van der Waals surface area (Å²) in [6.07, 6.45) is 11.8. The standard InChI is InChI=1S/C31H56O8/c1-6-10-11-15-21-25(37-29(33)18-7-2)24-27(39-31(35)20-9-4)26(38-30(34)19-8-3)22-16-13-12-14-17-23-28(32)36-5/h25-27H,6-24H2,1-5H3. The second kappa shape index (κ2) is 24.9. The molecular formula is C31H56O8. The molecule has 8 heteroatoms. The van der Waals surface area contributed by atoms with Crippen LogP contribution >= 0.6 is 0 Å². The fourth-order valence-corrected chi connectivity index (χ4v) is 4.44. The Morgan fingerprint density at radius 1 is 0.487 bits per heavy atom. The molecule has 0 aromatic rings. The quantitative estimate of drug-likeness (QED) is 0.0651. The predicted octanol–water partition coefficient (Wildman–Crippen LogP) is 7.39. The van der Waals surface area contributed by atoms with Crippen LogP contribution in [0.25, 0.3) is 0 Å². The van der Waals surface area contributed by atoms with Gasteiger partial charge in [-0.1, -0.05) is 66.2 Å². The summed E-state index contributed by atoms with van der Waals surface area (Å²) < 4.78 is 22.3. The Bertz CT molecular complexity index is 663. The molecule has 0 bridgehead atoms. The molecule has 0 heterocycles. The first-order valence-electron chi connectivity index (χ1n) is 15.5. The molecule has 0 aromatic heterocycles. The Hall–Kier alpha value is -2.12. The maximum Gasteiger partial charge on any atom is 0.306 e. The second-order valence-electron chi connectivity index (χ2n) is 10.4. The van der Waals surface area contributed by atoms with Crippen LogP contribution in [0.1, 0.15) is 150 Å². The highest BCUT2D eigenvalue weighted by atomic mass is 16.6. The van der Waals surface area contributed by atoms with E-state index in [0.29, 0.717) is 57.8 Å². The number of hydrogen-bond donors (Lipinski definition) is 0. The van der Waals surface area contributed by atoms with Crippen molar-refractivity contribution in [2.45, 2.75) is 168 Å². The lowest BCUT2D eigenvalue weighted by Crippen LogP contribution is -2.39. The van der Waals surface area contributed by atoms with Crippen molar-refractivity contribution >= 4 is 23.9 Å². The minimum Gasteiger partial charge on any atom is -0.469 e. The third-order valence-electron chi connectivity index (χ3n) is 6.61. The molecule has 0 N–H and O–H groups in total. The molecule has 39 heavy (non-hydrogen) atoms.